The summed E-state index contributed by atoms with van der Waals surface area (Å²) in [5.74, 6) is 0.619. The van der Waals surface area contributed by atoms with Gasteiger partial charge in [-0.1, -0.05) is 0 Å². The number of aromatic nitrogens is 2. The largest absolute Gasteiger partial charge is 0.232 e. The Balaban J connectivity index is 2.54. The second-order valence-corrected chi connectivity index (χ2v) is 4.75. The summed E-state index contributed by atoms with van der Waals surface area (Å²) in [5.41, 5.74) is 1.21. The van der Waals surface area contributed by atoms with E-state index in [2.05, 4.69) is 25.9 Å². The molecule has 0 spiro atoms. The Morgan fingerprint density at radius 2 is 2.20 bits per heavy atom. The van der Waals surface area contributed by atoms with Gasteiger partial charge in [-0.15, -0.1) is 11.3 Å². The van der Waals surface area contributed by atoms with E-state index in [-0.39, 0.29) is 0 Å². The molecule has 2 aromatic rings. The van der Waals surface area contributed by atoms with E-state index in [0.717, 1.165) is 15.0 Å². The van der Waals surface area contributed by atoms with Crippen LogP contribution < -0.4 is 0 Å². The number of rotatable bonds is 1. The van der Waals surface area contributed by atoms with Crippen LogP contribution >= 0.6 is 27.3 Å². The van der Waals surface area contributed by atoms with Crippen molar-refractivity contribution in [2.45, 2.75) is 6.92 Å². The van der Waals surface area contributed by atoms with E-state index in [0.29, 0.717) is 11.5 Å². The number of aryl methyl sites for hydroxylation is 1. The van der Waals surface area contributed by atoms with Gasteiger partial charge in [-0.25, -0.2) is 9.97 Å². The Bertz CT molecular complexity index is 542. The van der Waals surface area contributed by atoms with E-state index >= 15 is 0 Å². The van der Waals surface area contributed by atoms with Crippen LogP contribution in [0.4, 0.5) is 0 Å². The fourth-order valence-corrected chi connectivity index (χ4v) is 2.59. The first-order chi connectivity index (χ1) is 7.19. The van der Waals surface area contributed by atoms with Crippen molar-refractivity contribution in [2.24, 2.45) is 0 Å². The predicted molar refractivity (Wildman–Crippen MR) is 62.5 cm³/mol. The molecule has 0 aliphatic heterocycles. The minimum absolute atomic E-state index is 0.405. The molecule has 3 nitrogen and oxygen atoms in total. The molecule has 0 aliphatic rings. The van der Waals surface area contributed by atoms with Crippen LogP contribution in [0.15, 0.2) is 22.0 Å². The van der Waals surface area contributed by atoms with Crippen molar-refractivity contribution < 1.29 is 0 Å². The molecule has 0 atom stereocenters. The maximum absolute atomic E-state index is 8.79. The zero-order valence-electron chi connectivity index (χ0n) is 7.86. The summed E-state index contributed by atoms with van der Waals surface area (Å²) in [6, 6.07) is 5.71. The van der Waals surface area contributed by atoms with Crippen LogP contribution in [-0.4, -0.2) is 9.97 Å². The Hall–Kier alpha value is -1.25. The molecule has 0 bridgehead atoms. The SMILES string of the molecule is Cc1nc(C#N)cc(-c2cc(Br)cs2)n1. The second-order valence-electron chi connectivity index (χ2n) is 2.93. The van der Waals surface area contributed by atoms with Crippen molar-refractivity contribution in [2.75, 3.05) is 0 Å². The molecule has 5 heteroatoms. The van der Waals surface area contributed by atoms with Crippen LogP contribution in [-0.2, 0) is 0 Å². The van der Waals surface area contributed by atoms with Crippen molar-refractivity contribution >= 4 is 27.3 Å². The lowest BCUT2D eigenvalue weighted by Gasteiger charge is -1.98. The van der Waals surface area contributed by atoms with Crippen molar-refractivity contribution in [3.63, 3.8) is 0 Å². The van der Waals surface area contributed by atoms with Crippen molar-refractivity contribution in [1.82, 2.24) is 9.97 Å². The highest BCUT2D eigenvalue weighted by Crippen LogP contribution is 2.28. The number of halogens is 1. The van der Waals surface area contributed by atoms with Crippen LogP contribution in [0, 0.1) is 18.3 Å². The summed E-state index contributed by atoms with van der Waals surface area (Å²) in [4.78, 5) is 9.33. The number of thiophene rings is 1. The fourth-order valence-electron chi connectivity index (χ4n) is 1.20. The van der Waals surface area contributed by atoms with Gasteiger partial charge in [0.05, 0.1) is 10.6 Å². The van der Waals surface area contributed by atoms with Gasteiger partial charge in [0.15, 0.2) is 0 Å². The van der Waals surface area contributed by atoms with Crippen molar-refractivity contribution in [1.29, 1.82) is 5.26 Å². The Labute approximate surface area is 99.6 Å². The molecule has 0 fully saturated rings. The van der Waals surface area contributed by atoms with Crippen molar-refractivity contribution in [3.8, 4) is 16.6 Å². The third kappa shape index (κ3) is 2.22. The lowest BCUT2D eigenvalue weighted by atomic mass is 10.3. The van der Waals surface area contributed by atoms with Crippen LogP contribution in [0.2, 0.25) is 0 Å². The lowest BCUT2D eigenvalue weighted by Crippen LogP contribution is -1.93. The first-order valence-electron chi connectivity index (χ1n) is 4.19. The molecule has 2 aromatic heterocycles. The minimum Gasteiger partial charge on any atom is -0.232 e. The smallest absolute Gasteiger partial charge is 0.144 e. The number of nitriles is 1. The van der Waals surface area contributed by atoms with Crippen molar-refractivity contribution in [3.05, 3.63) is 33.5 Å². The molecule has 0 amide bonds. The van der Waals surface area contributed by atoms with Gasteiger partial charge in [0.25, 0.3) is 0 Å². The predicted octanol–water partition coefficient (Wildman–Crippen LogP) is 3.15. The van der Waals surface area contributed by atoms with Gasteiger partial charge in [-0.05, 0) is 28.9 Å². The topological polar surface area (TPSA) is 49.6 Å². The zero-order chi connectivity index (χ0) is 10.8. The Kier molecular flexibility index (Phi) is 2.80. The average Bonchev–Trinajstić information content (AvgIpc) is 2.64. The zero-order valence-corrected chi connectivity index (χ0v) is 10.3. The molecule has 0 saturated heterocycles. The molecule has 0 N–H and O–H groups in total. The van der Waals surface area contributed by atoms with Gasteiger partial charge < -0.3 is 0 Å². The first kappa shape index (κ1) is 10.3. The maximum atomic E-state index is 8.79. The van der Waals surface area contributed by atoms with E-state index in [1.54, 1.807) is 24.3 Å². The standard InChI is InChI=1S/C10H6BrN3S/c1-6-13-8(4-12)3-9(14-6)10-2-7(11)5-15-10/h2-3,5H,1H3. The third-order valence-electron chi connectivity index (χ3n) is 1.77. The molecule has 2 heterocycles. The Morgan fingerprint density at radius 1 is 1.40 bits per heavy atom. The number of nitrogens with zero attached hydrogens (tertiary/aromatic N) is 3. The summed E-state index contributed by atoms with van der Waals surface area (Å²) in [7, 11) is 0. The number of hydrogen-bond acceptors (Lipinski definition) is 4. The second kappa shape index (κ2) is 4.09. The van der Waals surface area contributed by atoms with Gasteiger partial charge in [-0.3, -0.25) is 0 Å². The summed E-state index contributed by atoms with van der Waals surface area (Å²) in [6.07, 6.45) is 0. The maximum Gasteiger partial charge on any atom is 0.144 e. The van der Waals surface area contributed by atoms with Gasteiger partial charge in [0.2, 0.25) is 0 Å². The third-order valence-corrected chi connectivity index (χ3v) is 3.49. The summed E-state index contributed by atoms with van der Waals surface area (Å²) < 4.78 is 1.03. The average molecular weight is 280 g/mol. The van der Waals surface area contributed by atoms with E-state index in [1.807, 2.05) is 17.5 Å². The molecule has 74 valence electrons. The molecule has 2 rings (SSSR count). The highest BCUT2D eigenvalue weighted by Gasteiger charge is 2.06. The molecular weight excluding hydrogens is 274 g/mol. The van der Waals surface area contributed by atoms with Crippen LogP contribution in [0.5, 0.6) is 0 Å². The summed E-state index contributed by atoms with van der Waals surface area (Å²) in [6.45, 7) is 1.78. The quantitative estimate of drug-likeness (QED) is 0.806. The minimum atomic E-state index is 0.405. The molecule has 15 heavy (non-hydrogen) atoms. The Morgan fingerprint density at radius 3 is 2.80 bits per heavy atom. The van der Waals surface area contributed by atoms with Crippen LogP contribution in [0.1, 0.15) is 11.5 Å². The van der Waals surface area contributed by atoms with E-state index in [1.165, 1.54) is 0 Å². The molecule has 0 aliphatic carbocycles. The molecular formula is C10H6BrN3S. The lowest BCUT2D eigenvalue weighted by molar-refractivity contribution is 1.04. The molecule has 0 aromatic carbocycles. The van der Waals surface area contributed by atoms with E-state index < -0.39 is 0 Å². The van der Waals surface area contributed by atoms with E-state index in [9.17, 15) is 0 Å². The van der Waals surface area contributed by atoms with Crippen LogP contribution in [0.3, 0.4) is 0 Å². The first-order valence-corrected chi connectivity index (χ1v) is 5.86. The summed E-state index contributed by atoms with van der Waals surface area (Å²) >= 11 is 4.97. The monoisotopic (exact) mass is 279 g/mol. The molecule has 0 unspecified atom stereocenters. The van der Waals surface area contributed by atoms with Gasteiger partial charge in [-0.2, -0.15) is 5.26 Å². The van der Waals surface area contributed by atoms with Crippen LogP contribution in [0.25, 0.3) is 10.6 Å². The summed E-state index contributed by atoms with van der Waals surface area (Å²) in [5, 5.41) is 10.8. The van der Waals surface area contributed by atoms with Gasteiger partial charge in [0, 0.05) is 15.9 Å². The highest BCUT2D eigenvalue weighted by atomic mass is 79.9. The fraction of sp³-hybridized carbons (Fsp3) is 0.100. The molecule has 0 radical (unpaired) electrons. The molecule has 0 saturated carbocycles. The highest BCUT2D eigenvalue weighted by molar-refractivity contribution is 9.10. The van der Waals surface area contributed by atoms with Gasteiger partial charge in [0.1, 0.15) is 17.6 Å². The van der Waals surface area contributed by atoms with E-state index in [4.69, 9.17) is 5.26 Å². The number of hydrogen-bond donors (Lipinski definition) is 0. The van der Waals surface area contributed by atoms with Gasteiger partial charge >= 0.3 is 0 Å². The normalized spacial score (nSPS) is 9.93.